The molecule has 0 fully saturated rings. The number of hydrogen-bond acceptors (Lipinski definition) is 4. The Hall–Kier alpha value is -2.26. The van der Waals surface area contributed by atoms with E-state index < -0.39 is 0 Å². The summed E-state index contributed by atoms with van der Waals surface area (Å²) < 4.78 is 6.72. The summed E-state index contributed by atoms with van der Waals surface area (Å²) in [6, 6.07) is 15.5. The van der Waals surface area contributed by atoms with E-state index in [2.05, 4.69) is 24.9 Å². The first-order chi connectivity index (χ1) is 11.6. The number of ether oxygens (including phenoxy) is 1. The number of fused-ring (bicyclic) bond motifs is 1. The van der Waals surface area contributed by atoms with E-state index in [1.165, 1.54) is 11.3 Å². The lowest BCUT2D eigenvalue weighted by Gasteiger charge is -2.12. The molecule has 0 bridgehead atoms. The highest BCUT2D eigenvalue weighted by molar-refractivity contribution is 7.80. The molecular weight excluding hydrogens is 336 g/mol. The van der Waals surface area contributed by atoms with Crippen molar-refractivity contribution in [1.82, 2.24) is 0 Å². The molecule has 0 aliphatic heterocycles. The van der Waals surface area contributed by atoms with E-state index in [1.807, 2.05) is 55.5 Å². The van der Waals surface area contributed by atoms with Gasteiger partial charge < -0.3 is 4.74 Å². The van der Waals surface area contributed by atoms with Crippen molar-refractivity contribution < 1.29 is 4.74 Å². The fourth-order valence-electron chi connectivity index (χ4n) is 2.48. The van der Waals surface area contributed by atoms with Gasteiger partial charge in [0.2, 0.25) is 4.74 Å². The molecule has 0 aliphatic rings. The third-order valence-corrected chi connectivity index (χ3v) is 5.20. The van der Waals surface area contributed by atoms with Crippen LogP contribution in [0.5, 0.6) is 5.75 Å². The van der Waals surface area contributed by atoms with Crippen LogP contribution in [0.1, 0.15) is 11.1 Å². The number of rotatable bonds is 4. The molecule has 0 radical (unpaired) electrons. The van der Waals surface area contributed by atoms with Crippen LogP contribution in [0.2, 0.25) is 0 Å². The summed E-state index contributed by atoms with van der Waals surface area (Å²) in [4.78, 5) is 13.2. The Morgan fingerprint density at radius 3 is 2.67 bits per heavy atom. The standard InChI is InChI=1S/C20H16O2S2/c1-3-14(12-22-16-10-6-4-8-13(16)2)18-19(23)15-9-5-7-11-17(15)24-20(18)21/h4-11,23H,1,12H2,2H3. The smallest absolute Gasteiger partial charge is 0.242 e. The molecule has 0 saturated heterocycles. The summed E-state index contributed by atoms with van der Waals surface area (Å²) in [5, 5.41) is 0.948. The topological polar surface area (TPSA) is 26.3 Å². The van der Waals surface area contributed by atoms with Crippen LogP contribution in [0, 0.1) is 6.92 Å². The van der Waals surface area contributed by atoms with Crippen LogP contribution in [0.3, 0.4) is 0 Å². The molecule has 0 spiro atoms. The predicted molar refractivity (Wildman–Crippen MR) is 105 cm³/mol. The first kappa shape index (κ1) is 16.6. The molecule has 0 atom stereocenters. The zero-order chi connectivity index (χ0) is 17.1. The van der Waals surface area contributed by atoms with Crippen molar-refractivity contribution in [3.63, 3.8) is 0 Å². The van der Waals surface area contributed by atoms with E-state index in [-0.39, 0.29) is 11.3 Å². The summed E-state index contributed by atoms with van der Waals surface area (Å²) >= 11 is 5.79. The zero-order valence-electron chi connectivity index (χ0n) is 13.2. The quantitative estimate of drug-likeness (QED) is 0.522. The Morgan fingerprint density at radius 2 is 1.92 bits per heavy atom. The van der Waals surface area contributed by atoms with Crippen LogP contribution in [0.25, 0.3) is 15.7 Å². The lowest BCUT2D eigenvalue weighted by molar-refractivity contribution is 0.367. The maximum atomic E-state index is 12.6. The van der Waals surface area contributed by atoms with Gasteiger partial charge in [0, 0.05) is 20.6 Å². The van der Waals surface area contributed by atoms with Crippen LogP contribution in [-0.2, 0) is 0 Å². The number of benzene rings is 2. The molecule has 2 nitrogen and oxygen atoms in total. The van der Waals surface area contributed by atoms with E-state index in [0.717, 1.165) is 21.4 Å². The van der Waals surface area contributed by atoms with Crippen molar-refractivity contribution in [3.8, 4) is 5.75 Å². The highest BCUT2D eigenvalue weighted by Gasteiger charge is 2.15. The van der Waals surface area contributed by atoms with Crippen molar-refractivity contribution in [2.75, 3.05) is 6.61 Å². The molecule has 1 heterocycles. The van der Waals surface area contributed by atoms with Crippen molar-refractivity contribution in [2.24, 2.45) is 0 Å². The Bertz CT molecular complexity index is 1010. The molecule has 24 heavy (non-hydrogen) atoms. The maximum Gasteiger partial charge on any atom is 0.242 e. The zero-order valence-corrected chi connectivity index (χ0v) is 14.9. The van der Waals surface area contributed by atoms with Crippen LogP contribution < -0.4 is 9.48 Å². The second-order valence-electron chi connectivity index (χ2n) is 5.32. The van der Waals surface area contributed by atoms with Gasteiger partial charge in [-0.15, -0.1) is 18.4 Å². The first-order valence-electron chi connectivity index (χ1n) is 7.44. The summed E-state index contributed by atoms with van der Waals surface area (Å²) in [5.41, 5.74) is 5.03. The minimum absolute atomic E-state index is 0.0572. The molecule has 0 aliphatic carbocycles. The molecule has 0 N–H and O–H groups in total. The number of thiol groups is 1. The lowest BCUT2D eigenvalue weighted by atomic mass is 10.1. The van der Waals surface area contributed by atoms with Crippen LogP contribution in [0.4, 0.5) is 0 Å². The Labute approximate surface area is 150 Å². The highest BCUT2D eigenvalue weighted by Crippen LogP contribution is 2.30. The second kappa shape index (κ2) is 7.10. The van der Waals surface area contributed by atoms with Gasteiger partial charge in [-0.25, -0.2) is 0 Å². The normalized spacial score (nSPS) is 10.4. The first-order valence-corrected chi connectivity index (χ1v) is 8.70. The molecule has 0 unspecified atom stereocenters. The van der Waals surface area contributed by atoms with Crippen molar-refractivity contribution in [3.05, 3.63) is 81.5 Å². The average Bonchev–Trinajstić information content (AvgIpc) is 2.59. The van der Waals surface area contributed by atoms with E-state index in [0.29, 0.717) is 16.0 Å². The van der Waals surface area contributed by atoms with E-state index in [9.17, 15) is 4.79 Å². The van der Waals surface area contributed by atoms with E-state index in [4.69, 9.17) is 4.74 Å². The average molecular weight is 352 g/mol. The molecule has 1 aromatic heterocycles. The Morgan fingerprint density at radius 1 is 1.21 bits per heavy atom. The molecule has 0 amide bonds. The van der Waals surface area contributed by atoms with E-state index in [1.54, 1.807) is 0 Å². The van der Waals surface area contributed by atoms with Gasteiger partial charge in [0.05, 0.1) is 5.56 Å². The van der Waals surface area contributed by atoms with Gasteiger partial charge in [-0.05, 0) is 24.6 Å². The number of aryl methyl sites for hydroxylation is 1. The van der Waals surface area contributed by atoms with Gasteiger partial charge in [0.15, 0.2) is 0 Å². The maximum absolute atomic E-state index is 12.6. The summed E-state index contributed by atoms with van der Waals surface area (Å²) in [7, 11) is 0. The third kappa shape index (κ3) is 3.17. The number of hydrogen-bond donors (Lipinski definition) is 1. The Balaban J connectivity index is 2.00. The van der Waals surface area contributed by atoms with Gasteiger partial charge in [-0.2, -0.15) is 0 Å². The van der Waals surface area contributed by atoms with Gasteiger partial charge in [0.1, 0.15) is 12.4 Å². The predicted octanol–water partition coefficient (Wildman–Crippen LogP) is 5.11. The molecule has 3 aromatic rings. The number of para-hydroxylation sites is 1. The molecule has 4 heteroatoms. The van der Waals surface area contributed by atoms with Crippen molar-refractivity contribution in [2.45, 2.75) is 11.8 Å². The van der Waals surface area contributed by atoms with Gasteiger partial charge >= 0.3 is 0 Å². The third-order valence-electron chi connectivity index (χ3n) is 3.77. The molecule has 2 aromatic carbocycles. The second-order valence-corrected chi connectivity index (χ2v) is 6.78. The largest absolute Gasteiger partial charge is 0.488 e. The molecule has 120 valence electrons. The summed E-state index contributed by atoms with van der Waals surface area (Å²) in [6.07, 6.45) is 0. The highest BCUT2D eigenvalue weighted by atomic mass is 32.1. The molecular formula is C20H16O2S2. The minimum Gasteiger partial charge on any atom is -0.488 e. The van der Waals surface area contributed by atoms with Crippen LogP contribution in [0.15, 0.2) is 70.5 Å². The molecule has 0 saturated carbocycles. The lowest BCUT2D eigenvalue weighted by Crippen LogP contribution is -2.10. The Kier molecular flexibility index (Phi) is 4.91. The van der Waals surface area contributed by atoms with Crippen LogP contribution in [-0.4, -0.2) is 6.61 Å². The summed E-state index contributed by atoms with van der Waals surface area (Å²) in [6.45, 7) is 5.93. The van der Waals surface area contributed by atoms with Gasteiger partial charge in [0.25, 0.3) is 0 Å². The molecule has 3 rings (SSSR count). The monoisotopic (exact) mass is 352 g/mol. The SMILES string of the molecule is C=C=C(COc1ccccc1C)c1c(S)c2ccccc2sc1=O. The van der Waals surface area contributed by atoms with Gasteiger partial charge in [-0.1, -0.05) is 54.3 Å². The van der Waals surface area contributed by atoms with Crippen LogP contribution >= 0.6 is 24.0 Å². The fourth-order valence-corrected chi connectivity index (χ4v) is 4.02. The minimum atomic E-state index is -0.0572. The van der Waals surface area contributed by atoms with Gasteiger partial charge in [-0.3, -0.25) is 4.79 Å². The van der Waals surface area contributed by atoms with Crippen molar-refractivity contribution in [1.29, 1.82) is 0 Å². The van der Waals surface area contributed by atoms with E-state index >= 15 is 0 Å². The van der Waals surface area contributed by atoms with Crippen molar-refractivity contribution >= 4 is 39.6 Å². The summed E-state index contributed by atoms with van der Waals surface area (Å²) in [5.74, 6) is 0.780. The fraction of sp³-hybridized carbons (Fsp3) is 0.100.